The second-order valence-corrected chi connectivity index (χ2v) is 4.99. The number of urea groups is 1. The van der Waals surface area contributed by atoms with Crippen molar-refractivity contribution in [3.63, 3.8) is 0 Å². The fraction of sp³-hybridized carbons (Fsp3) is 0.312. The van der Waals surface area contributed by atoms with Gasteiger partial charge in [0.2, 0.25) is 5.91 Å². The van der Waals surface area contributed by atoms with Crippen LogP contribution in [0.3, 0.4) is 0 Å². The van der Waals surface area contributed by atoms with E-state index in [1.165, 1.54) is 0 Å². The van der Waals surface area contributed by atoms with Gasteiger partial charge in [-0.3, -0.25) is 9.78 Å². The molecule has 1 aromatic carbocycles. The third-order valence-electron chi connectivity index (χ3n) is 3.17. The van der Waals surface area contributed by atoms with Crippen LogP contribution in [0.15, 0.2) is 36.5 Å². The van der Waals surface area contributed by atoms with Crippen LogP contribution >= 0.6 is 0 Å². The van der Waals surface area contributed by atoms with Crippen molar-refractivity contribution in [1.82, 2.24) is 15.6 Å². The van der Waals surface area contributed by atoms with E-state index in [1.807, 2.05) is 31.2 Å². The minimum absolute atomic E-state index is 0.201. The van der Waals surface area contributed by atoms with Crippen molar-refractivity contribution in [3.05, 3.63) is 36.5 Å². The Balaban J connectivity index is 2.00. The van der Waals surface area contributed by atoms with Crippen molar-refractivity contribution in [2.24, 2.45) is 0 Å². The number of para-hydroxylation sites is 1. The van der Waals surface area contributed by atoms with E-state index in [9.17, 15) is 9.59 Å². The molecule has 2 aromatic rings. The summed E-state index contributed by atoms with van der Waals surface area (Å²) in [5.74, 6) is -0.201. The first kappa shape index (κ1) is 15.8. The van der Waals surface area contributed by atoms with Crippen LogP contribution in [0, 0.1) is 0 Å². The van der Waals surface area contributed by atoms with Gasteiger partial charge in [0.05, 0.1) is 11.2 Å². The summed E-state index contributed by atoms with van der Waals surface area (Å²) in [7, 11) is 0. The lowest BCUT2D eigenvalue weighted by Gasteiger charge is -2.15. The summed E-state index contributed by atoms with van der Waals surface area (Å²) in [6.07, 6.45) is 2.53. The second kappa shape index (κ2) is 7.40. The Labute approximate surface area is 129 Å². The minimum atomic E-state index is -0.602. The molecule has 0 aliphatic heterocycles. The standard InChI is InChI=1S/C16H20N4O2/c1-3-9-18-15(21)11(2)19-16(22)20-13-8-4-6-12-7-5-10-17-14(12)13/h4-8,10-11H,3,9H2,1-2H3,(H,18,21)(H2,19,20,22)/t11-/m1/s1. The third kappa shape index (κ3) is 3.94. The number of aromatic nitrogens is 1. The van der Waals surface area contributed by atoms with E-state index >= 15 is 0 Å². The summed E-state index contributed by atoms with van der Waals surface area (Å²) in [5, 5.41) is 9.02. The zero-order valence-corrected chi connectivity index (χ0v) is 12.7. The van der Waals surface area contributed by atoms with Gasteiger partial charge in [0.1, 0.15) is 6.04 Å². The van der Waals surface area contributed by atoms with E-state index in [0.717, 1.165) is 11.8 Å². The number of hydrogen-bond acceptors (Lipinski definition) is 3. The number of amides is 3. The van der Waals surface area contributed by atoms with Crippen molar-refractivity contribution >= 4 is 28.5 Å². The highest BCUT2D eigenvalue weighted by molar-refractivity contribution is 6.00. The predicted octanol–water partition coefficient (Wildman–Crippen LogP) is 2.27. The largest absolute Gasteiger partial charge is 0.354 e. The van der Waals surface area contributed by atoms with Gasteiger partial charge in [-0.15, -0.1) is 0 Å². The zero-order chi connectivity index (χ0) is 15.9. The van der Waals surface area contributed by atoms with Gasteiger partial charge in [-0.1, -0.05) is 25.1 Å². The molecule has 0 aliphatic rings. The SMILES string of the molecule is CCCNC(=O)[C@@H](C)NC(=O)Nc1cccc2cccnc12. The number of benzene rings is 1. The maximum Gasteiger partial charge on any atom is 0.319 e. The summed E-state index contributed by atoms with van der Waals surface area (Å²) in [6, 6.07) is 8.27. The molecular weight excluding hydrogens is 280 g/mol. The lowest BCUT2D eigenvalue weighted by Crippen LogP contribution is -2.46. The Morgan fingerprint density at radius 1 is 1.23 bits per heavy atom. The number of carbonyl (C=O) groups is 2. The Bertz CT molecular complexity index is 667. The Hall–Kier alpha value is -2.63. The lowest BCUT2D eigenvalue weighted by molar-refractivity contribution is -0.122. The van der Waals surface area contributed by atoms with Crippen molar-refractivity contribution < 1.29 is 9.59 Å². The molecule has 116 valence electrons. The van der Waals surface area contributed by atoms with Gasteiger partial charge < -0.3 is 16.0 Å². The van der Waals surface area contributed by atoms with Gasteiger partial charge in [-0.2, -0.15) is 0 Å². The zero-order valence-electron chi connectivity index (χ0n) is 12.7. The summed E-state index contributed by atoms with van der Waals surface area (Å²) < 4.78 is 0. The molecule has 1 heterocycles. The molecule has 1 atom stereocenters. The number of nitrogens with zero attached hydrogens (tertiary/aromatic N) is 1. The highest BCUT2D eigenvalue weighted by Crippen LogP contribution is 2.20. The Morgan fingerprint density at radius 2 is 2.00 bits per heavy atom. The van der Waals surface area contributed by atoms with Crippen molar-refractivity contribution in [2.75, 3.05) is 11.9 Å². The van der Waals surface area contributed by atoms with Crippen LogP contribution in [0.25, 0.3) is 10.9 Å². The van der Waals surface area contributed by atoms with Crippen LogP contribution in [0.5, 0.6) is 0 Å². The van der Waals surface area contributed by atoms with Gasteiger partial charge in [0.25, 0.3) is 0 Å². The smallest absolute Gasteiger partial charge is 0.319 e. The van der Waals surface area contributed by atoms with E-state index in [-0.39, 0.29) is 5.91 Å². The average Bonchev–Trinajstić information content (AvgIpc) is 2.52. The van der Waals surface area contributed by atoms with Crippen LogP contribution in [0.2, 0.25) is 0 Å². The molecule has 0 aliphatic carbocycles. The molecule has 0 radical (unpaired) electrons. The van der Waals surface area contributed by atoms with Crippen molar-refractivity contribution in [3.8, 4) is 0 Å². The first-order valence-corrected chi connectivity index (χ1v) is 7.30. The lowest BCUT2D eigenvalue weighted by atomic mass is 10.2. The number of nitrogens with one attached hydrogen (secondary N) is 3. The monoisotopic (exact) mass is 300 g/mol. The molecule has 22 heavy (non-hydrogen) atoms. The molecule has 0 bridgehead atoms. The molecule has 0 unspecified atom stereocenters. The average molecular weight is 300 g/mol. The van der Waals surface area contributed by atoms with Crippen LogP contribution in [0.1, 0.15) is 20.3 Å². The molecule has 2 rings (SSSR count). The molecular formula is C16H20N4O2. The maximum absolute atomic E-state index is 12.0. The highest BCUT2D eigenvalue weighted by atomic mass is 16.2. The summed E-state index contributed by atoms with van der Waals surface area (Å²) in [5.41, 5.74) is 1.32. The van der Waals surface area contributed by atoms with Crippen molar-refractivity contribution in [1.29, 1.82) is 0 Å². The quantitative estimate of drug-likeness (QED) is 0.792. The fourth-order valence-corrected chi connectivity index (χ4v) is 2.03. The summed E-state index contributed by atoms with van der Waals surface area (Å²) >= 11 is 0. The van der Waals surface area contributed by atoms with Crippen molar-refractivity contribution in [2.45, 2.75) is 26.3 Å². The van der Waals surface area contributed by atoms with Crippen LogP contribution < -0.4 is 16.0 Å². The minimum Gasteiger partial charge on any atom is -0.354 e. The third-order valence-corrected chi connectivity index (χ3v) is 3.17. The van der Waals surface area contributed by atoms with Gasteiger partial charge in [0.15, 0.2) is 0 Å². The molecule has 0 spiro atoms. The molecule has 0 saturated carbocycles. The summed E-state index contributed by atoms with van der Waals surface area (Å²) in [6.45, 7) is 4.21. The molecule has 0 fully saturated rings. The molecule has 6 nitrogen and oxygen atoms in total. The maximum atomic E-state index is 12.0. The first-order chi connectivity index (χ1) is 10.6. The van der Waals surface area contributed by atoms with E-state index in [1.54, 1.807) is 19.2 Å². The van der Waals surface area contributed by atoms with Crippen LogP contribution in [0.4, 0.5) is 10.5 Å². The Morgan fingerprint density at radius 3 is 2.77 bits per heavy atom. The van der Waals surface area contributed by atoms with Gasteiger partial charge in [-0.25, -0.2) is 4.79 Å². The number of fused-ring (bicyclic) bond motifs is 1. The predicted molar refractivity (Wildman–Crippen MR) is 86.7 cm³/mol. The number of carbonyl (C=O) groups excluding carboxylic acids is 2. The van der Waals surface area contributed by atoms with E-state index in [0.29, 0.717) is 17.7 Å². The topological polar surface area (TPSA) is 83.1 Å². The second-order valence-electron chi connectivity index (χ2n) is 4.99. The highest BCUT2D eigenvalue weighted by Gasteiger charge is 2.15. The Kier molecular flexibility index (Phi) is 5.30. The normalized spacial score (nSPS) is 11.7. The van der Waals surface area contributed by atoms with Crippen LogP contribution in [-0.4, -0.2) is 29.5 Å². The molecule has 0 saturated heterocycles. The number of rotatable bonds is 5. The first-order valence-electron chi connectivity index (χ1n) is 7.30. The van der Waals surface area contributed by atoms with Gasteiger partial charge in [-0.05, 0) is 25.5 Å². The molecule has 6 heteroatoms. The molecule has 1 aromatic heterocycles. The molecule has 3 N–H and O–H groups in total. The van der Waals surface area contributed by atoms with Gasteiger partial charge >= 0.3 is 6.03 Å². The number of anilines is 1. The summed E-state index contributed by atoms with van der Waals surface area (Å²) in [4.78, 5) is 28.0. The molecule has 3 amide bonds. The van der Waals surface area contributed by atoms with E-state index in [4.69, 9.17) is 0 Å². The van der Waals surface area contributed by atoms with Gasteiger partial charge in [0, 0.05) is 18.1 Å². The van der Waals surface area contributed by atoms with E-state index < -0.39 is 12.1 Å². The van der Waals surface area contributed by atoms with E-state index in [2.05, 4.69) is 20.9 Å². The number of pyridine rings is 1. The fourth-order valence-electron chi connectivity index (χ4n) is 2.03. The number of hydrogen-bond donors (Lipinski definition) is 3. The van der Waals surface area contributed by atoms with Crippen LogP contribution in [-0.2, 0) is 4.79 Å².